The van der Waals surface area contributed by atoms with Gasteiger partial charge in [0, 0.05) is 12.6 Å². The van der Waals surface area contributed by atoms with E-state index in [4.69, 9.17) is 4.74 Å². The minimum Gasteiger partial charge on any atom is -0.507 e. The lowest BCUT2D eigenvalue weighted by atomic mass is 10.2. The summed E-state index contributed by atoms with van der Waals surface area (Å²) in [6.45, 7) is 3.26. The molecular weight excluding hydrogens is 210 g/mol. The molecule has 0 aliphatic rings. The Labute approximate surface area is 93.0 Å². The van der Waals surface area contributed by atoms with Crippen LogP contribution in [0.4, 0.5) is 5.69 Å². The number of rotatable bonds is 3. The van der Waals surface area contributed by atoms with E-state index in [1.165, 1.54) is 25.1 Å². The zero-order chi connectivity index (χ0) is 12.1. The van der Waals surface area contributed by atoms with Gasteiger partial charge in [-0.3, -0.25) is 4.79 Å². The van der Waals surface area contributed by atoms with Crippen LogP contribution >= 0.6 is 0 Å². The number of hydrogen-bond acceptors (Lipinski definition) is 4. The molecule has 0 aromatic heterocycles. The maximum absolute atomic E-state index is 11.4. The summed E-state index contributed by atoms with van der Waals surface area (Å²) in [5.74, 6) is -1.04. The van der Waals surface area contributed by atoms with E-state index in [-0.39, 0.29) is 23.8 Å². The van der Waals surface area contributed by atoms with Crippen molar-refractivity contribution in [2.45, 2.75) is 13.8 Å². The first-order valence-corrected chi connectivity index (χ1v) is 4.82. The molecule has 0 aliphatic heterocycles. The van der Waals surface area contributed by atoms with E-state index in [0.29, 0.717) is 5.69 Å². The van der Waals surface area contributed by atoms with Gasteiger partial charge in [-0.2, -0.15) is 0 Å². The quantitative estimate of drug-likeness (QED) is 0.601. The molecule has 0 saturated heterocycles. The average molecular weight is 223 g/mol. The summed E-state index contributed by atoms with van der Waals surface area (Å²) >= 11 is 0. The Morgan fingerprint density at radius 2 is 2.12 bits per heavy atom. The fourth-order valence-electron chi connectivity index (χ4n) is 1.19. The largest absolute Gasteiger partial charge is 0.507 e. The van der Waals surface area contributed by atoms with Gasteiger partial charge in [0.1, 0.15) is 11.3 Å². The first kappa shape index (κ1) is 12.0. The highest BCUT2D eigenvalue weighted by Crippen LogP contribution is 2.22. The third kappa shape index (κ3) is 2.98. The lowest BCUT2D eigenvalue weighted by molar-refractivity contribution is -0.114. The summed E-state index contributed by atoms with van der Waals surface area (Å²) in [4.78, 5) is 22.2. The molecule has 0 atom stereocenters. The van der Waals surface area contributed by atoms with E-state index in [0.717, 1.165) is 0 Å². The van der Waals surface area contributed by atoms with Crippen LogP contribution in [0.15, 0.2) is 18.2 Å². The van der Waals surface area contributed by atoms with E-state index in [1.54, 1.807) is 6.92 Å². The van der Waals surface area contributed by atoms with Gasteiger partial charge in [0.15, 0.2) is 0 Å². The van der Waals surface area contributed by atoms with Crippen LogP contribution in [0.1, 0.15) is 24.2 Å². The highest BCUT2D eigenvalue weighted by atomic mass is 16.5. The number of hydrogen-bond donors (Lipinski definition) is 2. The Hall–Kier alpha value is -2.04. The van der Waals surface area contributed by atoms with Crippen molar-refractivity contribution in [2.24, 2.45) is 0 Å². The van der Waals surface area contributed by atoms with Crippen LogP contribution < -0.4 is 5.32 Å². The Morgan fingerprint density at radius 1 is 1.44 bits per heavy atom. The molecule has 1 rings (SSSR count). The van der Waals surface area contributed by atoms with Crippen LogP contribution in [0, 0.1) is 0 Å². The Kier molecular flexibility index (Phi) is 3.88. The number of amides is 1. The summed E-state index contributed by atoms with van der Waals surface area (Å²) in [5, 5.41) is 12.0. The van der Waals surface area contributed by atoms with E-state index in [9.17, 15) is 14.7 Å². The van der Waals surface area contributed by atoms with Crippen molar-refractivity contribution in [2.75, 3.05) is 11.9 Å². The van der Waals surface area contributed by atoms with Crippen molar-refractivity contribution in [3.8, 4) is 5.75 Å². The number of anilines is 1. The molecule has 0 aliphatic carbocycles. The van der Waals surface area contributed by atoms with E-state index in [2.05, 4.69) is 5.32 Å². The van der Waals surface area contributed by atoms with Gasteiger partial charge in [-0.05, 0) is 25.1 Å². The van der Waals surface area contributed by atoms with E-state index < -0.39 is 5.97 Å². The van der Waals surface area contributed by atoms with Crippen molar-refractivity contribution >= 4 is 17.6 Å². The zero-order valence-electron chi connectivity index (χ0n) is 9.11. The molecule has 1 amide bonds. The van der Waals surface area contributed by atoms with Crippen LogP contribution in [0.3, 0.4) is 0 Å². The predicted molar refractivity (Wildman–Crippen MR) is 58.4 cm³/mol. The monoisotopic (exact) mass is 223 g/mol. The highest BCUT2D eigenvalue weighted by molar-refractivity contribution is 5.95. The summed E-state index contributed by atoms with van der Waals surface area (Å²) < 4.78 is 4.76. The molecule has 0 bridgehead atoms. The van der Waals surface area contributed by atoms with Crippen molar-refractivity contribution in [1.29, 1.82) is 0 Å². The second-order valence-corrected chi connectivity index (χ2v) is 3.13. The second-order valence-electron chi connectivity index (χ2n) is 3.13. The fraction of sp³-hybridized carbons (Fsp3) is 0.273. The molecule has 5 heteroatoms. The molecule has 0 spiro atoms. The number of ether oxygens (including phenoxy) is 1. The predicted octanol–water partition coefficient (Wildman–Crippen LogP) is 1.53. The number of phenolic OH excluding ortho intramolecular Hbond substituents is 1. The van der Waals surface area contributed by atoms with Crippen molar-refractivity contribution < 1.29 is 19.4 Å². The number of phenols is 1. The maximum Gasteiger partial charge on any atom is 0.341 e. The third-order valence-corrected chi connectivity index (χ3v) is 1.81. The molecule has 0 saturated carbocycles. The minimum absolute atomic E-state index is 0.0353. The third-order valence-electron chi connectivity index (χ3n) is 1.81. The first-order chi connectivity index (χ1) is 7.54. The molecule has 0 radical (unpaired) electrons. The van der Waals surface area contributed by atoms with Gasteiger partial charge in [0.25, 0.3) is 0 Å². The summed E-state index contributed by atoms with van der Waals surface area (Å²) in [6.07, 6.45) is 0. The van der Waals surface area contributed by atoms with E-state index in [1.807, 2.05) is 0 Å². The summed E-state index contributed by atoms with van der Waals surface area (Å²) in [7, 11) is 0. The first-order valence-electron chi connectivity index (χ1n) is 4.82. The van der Waals surface area contributed by atoms with Crippen LogP contribution in [-0.2, 0) is 9.53 Å². The van der Waals surface area contributed by atoms with Crippen LogP contribution in [0.2, 0.25) is 0 Å². The smallest absolute Gasteiger partial charge is 0.341 e. The molecule has 2 N–H and O–H groups in total. The Morgan fingerprint density at radius 3 is 2.69 bits per heavy atom. The number of esters is 1. The highest BCUT2D eigenvalue weighted by Gasteiger charge is 2.13. The second kappa shape index (κ2) is 5.16. The number of carbonyl (C=O) groups is 2. The topological polar surface area (TPSA) is 75.6 Å². The van der Waals surface area contributed by atoms with Crippen molar-refractivity contribution in [3.05, 3.63) is 23.8 Å². The number of benzene rings is 1. The minimum atomic E-state index is -0.618. The molecule has 5 nitrogen and oxygen atoms in total. The molecule has 1 aromatic rings. The van der Waals surface area contributed by atoms with Crippen molar-refractivity contribution in [3.63, 3.8) is 0 Å². The van der Waals surface area contributed by atoms with Gasteiger partial charge in [-0.15, -0.1) is 0 Å². The average Bonchev–Trinajstić information content (AvgIpc) is 2.20. The summed E-state index contributed by atoms with van der Waals surface area (Å²) in [5.41, 5.74) is 0.474. The van der Waals surface area contributed by atoms with Crippen LogP contribution in [0.5, 0.6) is 5.75 Å². The Bertz CT molecular complexity index is 414. The van der Waals surface area contributed by atoms with Crippen molar-refractivity contribution in [1.82, 2.24) is 0 Å². The zero-order valence-corrected chi connectivity index (χ0v) is 9.11. The fourth-order valence-corrected chi connectivity index (χ4v) is 1.19. The lowest BCUT2D eigenvalue weighted by Crippen LogP contribution is -2.09. The van der Waals surface area contributed by atoms with Crippen LogP contribution in [0.25, 0.3) is 0 Å². The van der Waals surface area contributed by atoms with Gasteiger partial charge in [-0.1, -0.05) is 0 Å². The van der Waals surface area contributed by atoms with Gasteiger partial charge < -0.3 is 15.2 Å². The molecule has 86 valence electrons. The van der Waals surface area contributed by atoms with Gasteiger partial charge in [-0.25, -0.2) is 4.79 Å². The standard InChI is InChI=1S/C11H13NO4/c1-3-16-11(15)9-6-8(12-7(2)13)4-5-10(9)14/h4-6,14H,3H2,1-2H3,(H,12,13). The summed E-state index contributed by atoms with van der Waals surface area (Å²) in [6, 6.07) is 4.20. The van der Waals surface area contributed by atoms with E-state index >= 15 is 0 Å². The molecule has 16 heavy (non-hydrogen) atoms. The molecule has 0 fully saturated rings. The van der Waals surface area contributed by atoms with Gasteiger partial charge in [0.2, 0.25) is 5.91 Å². The molecular formula is C11H13NO4. The molecule has 0 heterocycles. The molecule has 0 unspecified atom stereocenters. The SMILES string of the molecule is CCOC(=O)c1cc(NC(C)=O)ccc1O. The van der Waals surface area contributed by atoms with Gasteiger partial charge >= 0.3 is 5.97 Å². The number of nitrogens with one attached hydrogen (secondary N) is 1. The molecule has 1 aromatic carbocycles. The number of aromatic hydroxyl groups is 1. The lowest BCUT2D eigenvalue weighted by Gasteiger charge is -2.07. The Balaban J connectivity index is 2.98. The van der Waals surface area contributed by atoms with Crippen LogP contribution in [-0.4, -0.2) is 23.6 Å². The maximum atomic E-state index is 11.4. The number of carbonyl (C=O) groups excluding carboxylic acids is 2. The van der Waals surface area contributed by atoms with Gasteiger partial charge in [0.05, 0.1) is 6.61 Å². The normalized spacial score (nSPS) is 9.62.